The molecule has 0 bridgehead atoms. The molecule has 2 unspecified atom stereocenters. The Kier molecular flexibility index (Phi) is 3.18. The van der Waals surface area contributed by atoms with Crippen molar-refractivity contribution in [3.8, 4) is 0 Å². The highest BCUT2D eigenvalue weighted by Gasteiger charge is 2.61. The van der Waals surface area contributed by atoms with Crippen molar-refractivity contribution >= 4 is 17.4 Å². The van der Waals surface area contributed by atoms with Crippen LogP contribution in [0.5, 0.6) is 0 Å². The summed E-state index contributed by atoms with van der Waals surface area (Å²) in [5, 5.41) is -0.534. The van der Waals surface area contributed by atoms with Gasteiger partial charge in [-0.3, -0.25) is 4.79 Å². The molecule has 18 heavy (non-hydrogen) atoms. The predicted octanol–water partition coefficient (Wildman–Crippen LogP) is 3.93. The van der Waals surface area contributed by atoms with E-state index in [9.17, 15) is 18.0 Å². The van der Waals surface area contributed by atoms with E-state index in [4.69, 9.17) is 11.6 Å². The molecule has 5 heteroatoms. The van der Waals surface area contributed by atoms with E-state index >= 15 is 0 Å². The summed E-state index contributed by atoms with van der Waals surface area (Å²) in [7, 11) is 0. The Labute approximate surface area is 108 Å². The minimum absolute atomic E-state index is 0.0179. The van der Waals surface area contributed by atoms with Crippen LogP contribution >= 0.6 is 11.6 Å². The summed E-state index contributed by atoms with van der Waals surface area (Å²) in [6.45, 7) is 1.64. The molecule has 1 aromatic rings. The molecule has 1 saturated carbocycles. The Morgan fingerprint density at radius 1 is 1.44 bits per heavy atom. The lowest BCUT2D eigenvalue weighted by molar-refractivity contribution is -0.138. The fourth-order valence-electron chi connectivity index (χ4n) is 2.38. The van der Waals surface area contributed by atoms with Gasteiger partial charge in [0.25, 0.3) is 0 Å². The molecule has 0 radical (unpaired) electrons. The van der Waals surface area contributed by atoms with E-state index in [0.29, 0.717) is 0 Å². The van der Waals surface area contributed by atoms with E-state index < -0.39 is 22.5 Å². The van der Waals surface area contributed by atoms with Crippen LogP contribution in [0.25, 0.3) is 0 Å². The van der Waals surface area contributed by atoms with Gasteiger partial charge in [0.15, 0.2) is 0 Å². The van der Waals surface area contributed by atoms with E-state index in [-0.39, 0.29) is 24.2 Å². The Hall–Kier alpha value is -1.03. The lowest BCUT2D eigenvalue weighted by Gasteiger charge is -2.20. The zero-order valence-electron chi connectivity index (χ0n) is 9.72. The van der Waals surface area contributed by atoms with Crippen molar-refractivity contribution in [2.45, 2.75) is 36.7 Å². The third kappa shape index (κ3) is 1.92. The fraction of sp³-hybridized carbons (Fsp3) is 0.462. The monoisotopic (exact) mass is 276 g/mol. The minimum Gasteiger partial charge on any atom is -0.299 e. The first-order valence-corrected chi connectivity index (χ1v) is 6.11. The van der Waals surface area contributed by atoms with Crippen LogP contribution in [0.15, 0.2) is 24.3 Å². The average Bonchev–Trinajstić information content (AvgIpc) is 3.00. The number of ketones is 1. The number of alkyl halides is 4. The zero-order chi connectivity index (χ0) is 13.6. The van der Waals surface area contributed by atoms with Crippen molar-refractivity contribution < 1.29 is 18.0 Å². The number of hydrogen-bond acceptors (Lipinski definition) is 1. The van der Waals surface area contributed by atoms with Crippen LogP contribution in [0, 0.1) is 0 Å². The second-order valence-electron chi connectivity index (χ2n) is 4.46. The summed E-state index contributed by atoms with van der Waals surface area (Å²) < 4.78 is 38.8. The standard InChI is InChI=1S/C13H12ClF3O/c1-2-11(18)12(7-10(12)14)8-5-3-4-6-9(8)13(15,16)17/h3-6,10H,2,7H2,1H3. The van der Waals surface area contributed by atoms with Gasteiger partial charge in [-0.05, 0) is 18.1 Å². The molecule has 0 amide bonds. The van der Waals surface area contributed by atoms with Gasteiger partial charge in [0, 0.05) is 6.42 Å². The Bertz CT molecular complexity index is 483. The molecule has 1 nitrogen and oxygen atoms in total. The Morgan fingerprint density at radius 3 is 2.44 bits per heavy atom. The predicted molar refractivity (Wildman–Crippen MR) is 62.7 cm³/mol. The maximum Gasteiger partial charge on any atom is 0.416 e. The third-order valence-electron chi connectivity index (χ3n) is 3.41. The van der Waals surface area contributed by atoms with Crippen LogP contribution in [-0.4, -0.2) is 11.2 Å². The van der Waals surface area contributed by atoms with Crippen LogP contribution in [0.1, 0.15) is 30.9 Å². The molecule has 1 aromatic carbocycles. The lowest BCUT2D eigenvalue weighted by Crippen LogP contribution is -2.26. The second-order valence-corrected chi connectivity index (χ2v) is 4.99. The highest BCUT2D eigenvalue weighted by molar-refractivity contribution is 6.27. The summed E-state index contributed by atoms with van der Waals surface area (Å²) in [5.41, 5.74) is -1.87. The first kappa shape index (κ1) is 13.4. The number of carbonyl (C=O) groups is 1. The topological polar surface area (TPSA) is 17.1 Å². The van der Waals surface area contributed by atoms with Crippen LogP contribution in [0.2, 0.25) is 0 Å². The molecule has 1 aliphatic rings. The van der Waals surface area contributed by atoms with Crippen molar-refractivity contribution in [3.63, 3.8) is 0 Å². The summed E-state index contributed by atoms with van der Waals surface area (Å²) in [5.74, 6) is -0.223. The maximum absolute atomic E-state index is 12.9. The number of halogens is 4. The van der Waals surface area contributed by atoms with Gasteiger partial charge in [-0.25, -0.2) is 0 Å². The number of carbonyl (C=O) groups excluding carboxylic acids is 1. The van der Waals surface area contributed by atoms with Gasteiger partial charge < -0.3 is 0 Å². The van der Waals surface area contributed by atoms with E-state index in [1.165, 1.54) is 18.2 Å². The molecule has 98 valence electrons. The van der Waals surface area contributed by atoms with E-state index in [2.05, 4.69) is 0 Å². The summed E-state index contributed by atoms with van der Waals surface area (Å²) in [6, 6.07) is 5.19. The number of Topliss-reactive ketones (excluding diaryl/α,β-unsaturated/α-hetero) is 1. The molecule has 0 N–H and O–H groups in total. The molecule has 2 rings (SSSR count). The molecule has 1 aliphatic carbocycles. The van der Waals surface area contributed by atoms with Gasteiger partial charge in [0.05, 0.1) is 16.4 Å². The number of hydrogen-bond donors (Lipinski definition) is 0. The van der Waals surface area contributed by atoms with Crippen LogP contribution < -0.4 is 0 Å². The Morgan fingerprint density at radius 2 is 2.00 bits per heavy atom. The fourth-order valence-corrected chi connectivity index (χ4v) is 2.86. The Balaban J connectivity index is 2.55. The van der Waals surface area contributed by atoms with Crippen LogP contribution in [0.4, 0.5) is 13.2 Å². The van der Waals surface area contributed by atoms with Crippen molar-refractivity contribution in [1.29, 1.82) is 0 Å². The molecular formula is C13H12ClF3O. The summed E-state index contributed by atoms with van der Waals surface area (Å²) >= 11 is 5.95. The smallest absolute Gasteiger partial charge is 0.299 e. The highest BCUT2D eigenvalue weighted by Crippen LogP contribution is 2.56. The van der Waals surface area contributed by atoms with Crippen molar-refractivity contribution in [2.75, 3.05) is 0 Å². The first-order valence-electron chi connectivity index (χ1n) is 5.68. The maximum atomic E-state index is 12.9. The van der Waals surface area contributed by atoms with Crippen molar-refractivity contribution in [2.24, 2.45) is 0 Å². The largest absolute Gasteiger partial charge is 0.416 e. The van der Waals surface area contributed by atoms with Crippen molar-refractivity contribution in [3.05, 3.63) is 35.4 Å². The van der Waals surface area contributed by atoms with Gasteiger partial charge in [-0.2, -0.15) is 13.2 Å². The van der Waals surface area contributed by atoms with Gasteiger partial charge in [-0.1, -0.05) is 25.1 Å². The highest BCUT2D eigenvalue weighted by atomic mass is 35.5. The molecule has 0 heterocycles. The third-order valence-corrected chi connectivity index (χ3v) is 3.93. The molecule has 2 atom stereocenters. The van der Waals surface area contributed by atoms with Gasteiger partial charge in [0.2, 0.25) is 0 Å². The van der Waals surface area contributed by atoms with Crippen molar-refractivity contribution in [1.82, 2.24) is 0 Å². The average molecular weight is 277 g/mol. The second kappa shape index (κ2) is 4.26. The quantitative estimate of drug-likeness (QED) is 0.765. The van der Waals surface area contributed by atoms with Gasteiger partial charge in [0.1, 0.15) is 5.78 Å². The van der Waals surface area contributed by atoms with Crippen LogP contribution in [0.3, 0.4) is 0 Å². The molecule has 1 fully saturated rings. The zero-order valence-corrected chi connectivity index (χ0v) is 10.5. The van der Waals surface area contributed by atoms with E-state index in [0.717, 1.165) is 6.07 Å². The normalized spacial score (nSPS) is 27.1. The van der Waals surface area contributed by atoms with Crippen LogP contribution in [-0.2, 0) is 16.4 Å². The first-order chi connectivity index (χ1) is 8.34. The number of rotatable bonds is 3. The number of benzene rings is 1. The molecule has 0 saturated heterocycles. The van der Waals surface area contributed by atoms with Gasteiger partial charge >= 0.3 is 6.18 Å². The SMILES string of the molecule is CCC(=O)C1(c2ccccc2C(F)(F)F)CC1Cl. The summed E-state index contributed by atoms with van der Waals surface area (Å²) in [4.78, 5) is 11.9. The minimum atomic E-state index is -4.46. The molecule has 0 aliphatic heterocycles. The molecule has 0 spiro atoms. The van der Waals surface area contributed by atoms with Gasteiger partial charge in [-0.15, -0.1) is 11.6 Å². The summed E-state index contributed by atoms with van der Waals surface area (Å²) in [6.07, 6.45) is -3.99. The lowest BCUT2D eigenvalue weighted by atomic mass is 9.86. The molecule has 0 aromatic heterocycles. The van der Waals surface area contributed by atoms with E-state index in [1.807, 2.05) is 0 Å². The van der Waals surface area contributed by atoms with E-state index in [1.54, 1.807) is 6.92 Å². The molecular weight excluding hydrogens is 265 g/mol.